The van der Waals surface area contributed by atoms with Gasteiger partial charge in [-0.3, -0.25) is 9.20 Å². The Kier molecular flexibility index (Phi) is 2.87. The molecule has 6 nitrogen and oxygen atoms in total. The van der Waals surface area contributed by atoms with E-state index in [0.717, 1.165) is 25.7 Å². The first-order valence-corrected chi connectivity index (χ1v) is 6.28. The maximum absolute atomic E-state index is 12.0. The molecule has 2 heterocycles. The molecule has 0 bridgehead atoms. The molecule has 1 aliphatic carbocycles. The van der Waals surface area contributed by atoms with Gasteiger partial charge in [0.25, 0.3) is 0 Å². The number of carbonyl (C=O) groups is 1. The van der Waals surface area contributed by atoms with Crippen LogP contribution in [0.2, 0.25) is 5.28 Å². The third kappa shape index (κ3) is 1.92. The number of rotatable bonds is 2. The van der Waals surface area contributed by atoms with E-state index in [1.807, 2.05) is 0 Å². The Balaban J connectivity index is 1.88. The molecule has 0 spiro atoms. The summed E-state index contributed by atoms with van der Waals surface area (Å²) in [6.45, 7) is 0. The van der Waals surface area contributed by atoms with Gasteiger partial charge in [0.1, 0.15) is 12.0 Å². The average molecular weight is 266 g/mol. The molecule has 1 amide bonds. The highest BCUT2D eigenvalue weighted by Gasteiger charge is 2.23. The molecule has 1 saturated carbocycles. The highest BCUT2D eigenvalue weighted by molar-refractivity contribution is 6.28. The molecular formula is C11H12ClN5O. The van der Waals surface area contributed by atoms with Gasteiger partial charge in [-0.05, 0) is 24.4 Å². The molecule has 0 unspecified atom stereocenters. The maximum Gasteiger partial charge on any atom is 0.227 e. The zero-order valence-corrected chi connectivity index (χ0v) is 10.4. The zero-order chi connectivity index (χ0) is 12.5. The summed E-state index contributed by atoms with van der Waals surface area (Å²) in [6, 6.07) is 0. The molecular weight excluding hydrogens is 254 g/mol. The monoisotopic (exact) mass is 265 g/mol. The van der Waals surface area contributed by atoms with Crippen LogP contribution in [0.15, 0.2) is 12.5 Å². The molecule has 2 aromatic rings. The third-order valence-electron chi connectivity index (χ3n) is 3.27. The summed E-state index contributed by atoms with van der Waals surface area (Å²) in [4.78, 5) is 16.0. The summed E-state index contributed by atoms with van der Waals surface area (Å²) in [7, 11) is 0. The topological polar surface area (TPSA) is 72.2 Å². The molecule has 94 valence electrons. The van der Waals surface area contributed by atoms with Gasteiger partial charge in [-0.2, -0.15) is 0 Å². The lowest BCUT2D eigenvalue weighted by Gasteiger charge is -2.10. The maximum atomic E-state index is 12.0. The van der Waals surface area contributed by atoms with Crippen LogP contribution in [0.25, 0.3) is 5.65 Å². The smallest absolute Gasteiger partial charge is 0.227 e. The van der Waals surface area contributed by atoms with Crippen LogP contribution in [0.4, 0.5) is 5.69 Å². The second kappa shape index (κ2) is 4.53. The van der Waals surface area contributed by atoms with Gasteiger partial charge in [0.15, 0.2) is 5.65 Å². The second-order valence-electron chi connectivity index (χ2n) is 4.44. The second-order valence-corrected chi connectivity index (χ2v) is 4.77. The van der Waals surface area contributed by atoms with E-state index in [9.17, 15) is 4.79 Å². The van der Waals surface area contributed by atoms with E-state index in [1.165, 1.54) is 16.9 Å². The molecule has 1 fully saturated rings. The largest absolute Gasteiger partial charge is 0.321 e. The van der Waals surface area contributed by atoms with Gasteiger partial charge in [-0.1, -0.05) is 12.8 Å². The van der Waals surface area contributed by atoms with Gasteiger partial charge >= 0.3 is 0 Å². The summed E-state index contributed by atoms with van der Waals surface area (Å²) in [6.07, 6.45) is 7.13. The Morgan fingerprint density at radius 3 is 3.00 bits per heavy atom. The van der Waals surface area contributed by atoms with Crippen molar-refractivity contribution in [1.29, 1.82) is 0 Å². The Labute approximate surface area is 108 Å². The normalized spacial score (nSPS) is 16.3. The lowest BCUT2D eigenvalue weighted by molar-refractivity contribution is -0.119. The van der Waals surface area contributed by atoms with Crippen LogP contribution in [0.5, 0.6) is 0 Å². The first-order chi connectivity index (χ1) is 8.75. The van der Waals surface area contributed by atoms with Crippen molar-refractivity contribution in [1.82, 2.24) is 19.6 Å². The number of fused-ring (bicyclic) bond motifs is 1. The van der Waals surface area contributed by atoms with Crippen LogP contribution in [-0.4, -0.2) is 25.5 Å². The van der Waals surface area contributed by atoms with Crippen LogP contribution in [0.3, 0.4) is 0 Å². The highest BCUT2D eigenvalue weighted by atomic mass is 35.5. The number of anilines is 1. The summed E-state index contributed by atoms with van der Waals surface area (Å²) >= 11 is 5.89. The summed E-state index contributed by atoms with van der Waals surface area (Å²) in [5.74, 6) is 0.130. The number of hydrogen-bond donors (Lipinski definition) is 1. The van der Waals surface area contributed by atoms with E-state index in [2.05, 4.69) is 20.5 Å². The molecule has 18 heavy (non-hydrogen) atoms. The first kappa shape index (κ1) is 11.4. The Morgan fingerprint density at radius 2 is 2.22 bits per heavy atom. The lowest BCUT2D eigenvalue weighted by Crippen LogP contribution is -2.21. The van der Waals surface area contributed by atoms with E-state index in [1.54, 1.807) is 0 Å². The SMILES string of the molecule is O=C(Nc1cnc(Cl)n2cnnc12)C1CCCC1. The van der Waals surface area contributed by atoms with Crippen molar-refractivity contribution < 1.29 is 4.79 Å². The minimum atomic E-state index is 0.0292. The zero-order valence-electron chi connectivity index (χ0n) is 9.64. The molecule has 0 aliphatic heterocycles. The molecule has 1 N–H and O–H groups in total. The fourth-order valence-electron chi connectivity index (χ4n) is 2.30. The molecule has 3 rings (SSSR count). The molecule has 0 radical (unpaired) electrons. The van der Waals surface area contributed by atoms with Crippen molar-refractivity contribution in [2.45, 2.75) is 25.7 Å². The van der Waals surface area contributed by atoms with Gasteiger partial charge < -0.3 is 5.32 Å². The van der Waals surface area contributed by atoms with Crippen molar-refractivity contribution in [2.24, 2.45) is 5.92 Å². The number of hydrogen-bond acceptors (Lipinski definition) is 4. The van der Waals surface area contributed by atoms with Crippen molar-refractivity contribution in [3.8, 4) is 0 Å². The number of halogens is 1. The number of nitrogens with one attached hydrogen (secondary N) is 1. The lowest BCUT2D eigenvalue weighted by atomic mass is 10.1. The Hall–Kier alpha value is -1.69. The van der Waals surface area contributed by atoms with Gasteiger partial charge in [-0.15, -0.1) is 10.2 Å². The van der Waals surface area contributed by atoms with Crippen LogP contribution in [0, 0.1) is 5.92 Å². The van der Waals surface area contributed by atoms with Crippen LogP contribution >= 0.6 is 11.6 Å². The van der Waals surface area contributed by atoms with Gasteiger partial charge in [0, 0.05) is 5.92 Å². The summed E-state index contributed by atoms with van der Waals surface area (Å²) < 4.78 is 1.53. The predicted octanol–water partition coefficient (Wildman–Crippen LogP) is 1.91. The fraction of sp³-hybridized carbons (Fsp3) is 0.455. The van der Waals surface area contributed by atoms with Crippen molar-refractivity contribution in [3.05, 3.63) is 17.8 Å². The number of aromatic nitrogens is 4. The van der Waals surface area contributed by atoms with Crippen molar-refractivity contribution >= 4 is 28.8 Å². The molecule has 0 saturated heterocycles. The van der Waals surface area contributed by atoms with E-state index in [4.69, 9.17) is 11.6 Å². The third-order valence-corrected chi connectivity index (χ3v) is 3.55. The van der Waals surface area contributed by atoms with E-state index >= 15 is 0 Å². The molecule has 2 aromatic heterocycles. The van der Waals surface area contributed by atoms with Gasteiger partial charge in [-0.25, -0.2) is 4.98 Å². The van der Waals surface area contributed by atoms with E-state index < -0.39 is 0 Å². The fourth-order valence-corrected chi connectivity index (χ4v) is 2.47. The van der Waals surface area contributed by atoms with Gasteiger partial charge in [0.05, 0.1) is 6.20 Å². The van der Waals surface area contributed by atoms with Crippen LogP contribution in [-0.2, 0) is 4.79 Å². The number of nitrogens with zero attached hydrogens (tertiary/aromatic N) is 4. The van der Waals surface area contributed by atoms with E-state index in [-0.39, 0.29) is 17.1 Å². The quantitative estimate of drug-likeness (QED) is 0.842. The molecule has 0 aromatic carbocycles. The summed E-state index contributed by atoms with van der Waals surface area (Å²) in [5, 5.41) is 10.8. The molecule has 7 heteroatoms. The Morgan fingerprint density at radius 1 is 1.44 bits per heavy atom. The van der Waals surface area contributed by atoms with Crippen molar-refractivity contribution in [2.75, 3.05) is 5.32 Å². The van der Waals surface area contributed by atoms with Gasteiger partial charge in [0.2, 0.25) is 11.2 Å². The minimum Gasteiger partial charge on any atom is -0.321 e. The highest BCUT2D eigenvalue weighted by Crippen LogP contribution is 2.26. The summed E-state index contributed by atoms with van der Waals surface area (Å²) in [5.41, 5.74) is 1.06. The number of amides is 1. The van der Waals surface area contributed by atoms with Crippen molar-refractivity contribution in [3.63, 3.8) is 0 Å². The molecule has 1 aliphatic rings. The predicted molar refractivity (Wildman–Crippen MR) is 66.4 cm³/mol. The molecule has 0 atom stereocenters. The van der Waals surface area contributed by atoms with Crippen LogP contribution in [0.1, 0.15) is 25.7 Å². The van der Waals surface area contributed by atoms with Crippen LogP contribution < -0.4 is 5.32 Å². The minimum absolute atomic E-state index is 0.0292. The first-order valence-electron chi connectivity index (χ1n) is 5.91. The Bertz CT molecular complexity index is 590. The standard InChI is InChI=1S/C11H12ClN5O/c12-11-13-5-8(9-16-14-6-17(9)11)15-10(18)7-3-1-2-4-7/h5-7H,1-4H2,(H,15,18). The average Bonchev–Trinajstić information content (AvgIpc) is 3.01. The van der Waals surface area contributed by atoms with E-state index in [0.29, 0.717) is 11.3 Å². The number of carbonyl (C=O) groups excluding carboxylic acids is 1.